The van der Waals surface area contributed by atoms with E-state index in [2.05, 4.69) is 46.3 Å². The number of morpholine rings is 1. The molecule has 2 aliphatic heterocycles. The number of benzene rings is 1. The van der Waals surface area contributed by atoms with E-state index in [0.29, 0.717) is 26.1 Å². The van der Waals surface area contributed by atoms with Crippen LogP contribution in [0.2, 0.25) is 0 Å². The van der Waals surface area contributed by atoms with E-state index in [1.807, 2.05) is 0 Å². The first-order chi connectivity index (χ1) is 15.5. The van der Waals surface area contributed by atoms with Crippen molar-refractivity contribution in [3.05, 3.63) is 35.4 Å². The second-order valence-corrected chi connectivity index (χ2v) is 8.90. The fourth-order valence-electron chi connectivity index (χ4n) is 4.63. The lowest BCUT2D eigenvalue weighted by Gasteiger charge is -2.43. The molecule has 0 bridgehead atoms. The molecule has 2 heterocycles. The molecule has 2 aliphatic rings. The molecule has 0 radical (unpaired) electrons. The Bertz CT molecular complexity index is 736. The van der Waals surface area contributed by atoms with Gasteiger partial charge < -0.3 is 20.7 Å². The van der Waals surface area contributed by atoms with Gasteiger partial charge in [0.1, 0.15) is 6.04 Å². The number of hydrogen-bond donors (Lipinski definition) is 2. The Balaban J connectivity index is 1.72. The van der Waals surface area contributed by atoms with Crippen LogP contribution in [-0.4, -0.2) is 97.6 Å². The molecule has 178 valence electrons. The molecular weight excluding hydrogens is 406 g/mol. The van der Waals surface area contributed by atoms with Crippen LogP contribution in [0, 0.1) is 6.92 Å². The maximum absolute atomic E-state index is 12.8. The quantitative estimate of drug-likeness (QED) is 0.578. The molecule has 0 aromatic heterocycles. The Kier molecular flexibility index (Phi) is 9.47. The molecule has 2 saturated heterocycles. The predicted octanol–water partition coefficient (Wildman–Crippen LogP) is 0.584. The van der Waals surface area contributed by atoms with E-state index in [9.17, 15) is 9.59 Å². The summed E-state index contributed by atoms with van der Waals surface area (Å²) in [7, 11) is 0. The van der Waals surface area contributed by atoms with E-state index in [1.54, 1.807) is 11.8 Å². The van der Waals surface area contributed by atoms with Crippen molar-refractivity contribution >= 4 is 11.8 Å². The molecule has 0 aliphatic carbocycles. The zero-order valence-electron chi connectivity index (χ0n) is 19.6. The van der Waals surface area contributed by atoms with Crippen molar-refractivity contribution in [3.8, 4) is 0 Å². The van der Waals surface area contributed by atoms with Crippen LogP contribution >= 0.6 is 0 Å². The number of aryl methyl sites for hydroxylation is 1. The molecule has 0 spiro atoms. The average molecular weight is 446 g/mol. The minimum Gasteiger partial charge on any atom is -0.379 e. The molecule has 3 rings (SSSR count). The average Bonchev–Trinajstić information content (AvgIpc) is 2.81. The van der Waals surface area contributed by atoms with Gasteiger partial charge in [0.25, 0.3) is 0 Å². The summed E-state index contributed by atoms with van der Waals surface area (Å²) in [5, 5.41) is 2.89. The molecule has 1 aromatic carbocycles. The maximum atomic E-state index is 12.8. The fraction of sp³-hybridized carbons (Fsp3) is 0.667. The lowest BCUT2D eigenvalue weighted by atomic mass is 9.94. The van der Waals surface area contributed by atoms with E-state index >= 15 is 0 Å². The van der Waals surface area contributed by atoms with E-state index in [0.717, 1.165) is 52.4 Å². The molecular formula is C24H39N5O3. The van der Waals surface area contributed by atoms with Gasteiger partial charge in [0.05, 0.1) is 13.2 Å². The molecule has 1 aromatic rings. The standard InChI is InChI=1S/C24H39N5O3/c1-19-3-5-21(6-4-19)18-28(12-11-27-13-15-32-16-14-27)22-7-10-29(20(2)30)23(17-22)24(31)26-9-8-25/h3-6,22-23H,7-18,25H2,1-2H3,(H,26,31)/t22?,23-/m1/s1. The summed E-state index contributed by atoms with van der Waals surface area (Å²) in [5.41, 5.74) is 8.09. The first-order valence-corrected chi connectivity index (χ1v) is 11.8. The van der Waals surface area contributed by atoms with E-state index in [4.69, 9.17) is 10.5 Å². The van der Waals surface area contributed by atoms with Gasteiger partial charge in [-0.3, -0.25) is 19.4 Å². The van der Waals surface area contributed by atoms with Crippen LogP contribution in [0.1, 0.15) is 30.9 Å². The molecule has 8 nitrogen and oxygen atoms in total. The van der Waals surface area contributed by atoms with Crippen LogP contribution in [0.15, 0.2) is 24.3 Å². The first-order valence-electron chi connectivity index (χ1n) is 11.8. The summed E-state index contributed by atoms with van der Waals surface area (Å²) >= 11 is 0. The first kappa shape index (κ1) is 24.6. The summed E-state index contributed by atoms with van der Waals surface area (Å²) in [6.45, 7) is 11.3. The van der Waals surface area contributed by atoms with Gasteiger partial charge in [0, 0.05) is 65.3 Å². The molecule has 2 amide bonds. The van der Waals surface area contributed by atoms with Gasteiger partial charge in [-0.1, -0.05) is 29.8 Å². The minimum absolute atomic E-state index is 0.0465. The van der Waals surface area contributed by atoms with E-state index in [1.165, 1.54) is 11.1 Å². The molecule has 8 heteroatoms. The Labute approximate surface area is 192 Å². The molecule has 2 fully saturated rings. The monoisotopic (exact) mass is 445 g/mol. The number of nitrogens with zero attached hydrogens (tertiary/aromatic N) is 3. The van der Waals surface area contributed by atoms with Crippen molar-refractivity contribution in [2.75, 3.05) is 59.0 Å². The molecule has 2 atom stereocenters. The van der Waals surface area contributed by atoms with Crippen LogP contribution in [0.25, 0.3) is 0 Å². The normalized spacial score (nSPS) is 22.2. The van der Waals surface area contributed by atoms with Gasteiger partial charge in [-0.15, -0.1) is 0 Å². The zero-order valence-corrected chi connectivity index (χ0v) is 19.6. The number of nitrogens with one attached hydrogen (secondary N) is 1. The van der Waals surface area contributed by atoms with Gasteiger partial charge in [-0.05, 0) is 25.3 Å². The van der Waals surface area contributed by atoms with Gasteiger partial charge >= 0.3 is 0 Å². The minimum atomic E-state index is -0.443. The van der Waals surface area contributed by atoms with E-state index < -0.39 is 6.04 Å². The number of piperidine rings is 1. The Morgan fingerprint density at radius 2 is 1.91 bits per heavy atom. The smallest absolute Gasteiger partial charge is 0.242 e. The highest BCUT2D eigenvalue weighted by Gasteiger charge is 2.37. The van der Waals surface area contributed by atoms with Crippen LogP contribution in [-0.2, 0) is 20.9 Å². The third kappa shape index (κ3) is 7.00. The van der Waals surface area contributed by atoms with Gasteiger partial charge in [0.2, 0.25) is 11.8 Å². The number of likely N-dealkylation sites (tertiary alicyclic amines) is 1. The highest BCUT2D eigenvalue weighted by atomic mass is 16.5. The largest absolute Gasteiger partial charge is 0.379 e. The third-order valence-corrected chi connectivity index (χ3v) is 6.56. The number of nitrogens with two attached hydrogens (primary N) is 1. The predicted molar refractivity (Wildman–Crippen MR) is 125 cm³/mol. The maximum Gasteiger partial charge on any atom is 0.242 e. The SMILES string of the molecule is CC(=O)N1CCC(N(CCN2CCOCC2)Cc2ccc(C)cc2)C[C@@H]1C(=O)NCCN. The summed E-state index contributed by atoms with van der Waals surface area (Å²) < 4.78 is 5.49. The lowest BCUT2D eigenvalue weighted by molar-refractivity contribution is -0.142. The number of carbonyl (C=O) groups excluding carboxylic acids is 2. The van der Waals surface area contributed by atoms with Crippen molar-refractivity contribution < 1.29 is 14.3 Å². The molecule has 3 N–H and O–H groups in total. The lowest BCUT2D eigenvalue weighted by Crippen LogP contribution is -2.57. The molecule has 1 unspecified atom stereocenters. The highest BCUT2D eigenvalue weighted by Crippen LogP contribution is 2.24. The number of ether oxygens (including phenoxy) is 1. The fourth-order valence-corrected chi connectivity index (χ4v) is 4.63. The van der Waals surface area contributed by atoms with Crippen LogP contribution in [0.3, 0.4) is 0 Å². The van der Waals surface area contributed by atoms with Gasteiger partial charge in [-0.2, -0.15) is 0 Å². The molecule has 0 saturated carbocycles. The number of hydrogen-bond acceptors (Lipinski definition) is 6. The second-order valence-electron chi connectivity index (χ2n) is 8.90. The molecule has 32 heavy (non-hydrogen) atoms. The topological polar surface area (TPSA) is 91.1 Å². The number of amides is 2. The zero-order chi connectivity index (χ0) is 22.9. The number of rotatable bonds is 9. The van der Waals surface area contributed by atoms with Crippen molar-refractivity contribution in [3.63, 3.8) is 0 Å². The summed E-state index contributed by atoms with van der Waals surface area (Å²) in [6.07, 6.45) is 1.51. The Hall–Kier alpha value is -2.00. The van der Waals surface area contributed by atoms with Crippen LogP contribution in [0.4, 0.5) is 0 Å². The summed E-state index contributed by atoms with van der Waals surface area (Å²) in [5.74, 6) is -0.145. The highest BCUT2D eigenvalue weighted by molar-refractivity contribution is 5.87. The summed E-state index contributed by atoms with van der Waals surface area (Å²) in [4.78, 5) is 31.7. The van der Waals surface area contributed by atoms with Crippen molar-refractivity contribution in [1.29, 1.82) is 0 Å². The van der Waals surface area contributed by atoms with Crippen LogP contribution < -0.4 is 11.1 Å². The summed E-state index contributed by atoms with van der Waals surface area (Å²) in [6, 6.07) is 8.47. The number of carbonyl (C=O) groups is 2. The second kappa shape index (κ2) is 12.3. The van der Waals surface area contributed by atoms with Crippen LogP contribution in [0.5, 0.6) is 0 Å². The Morgan fingerprint density at radius 1 is 1.19 bits per heavy atom. The van der Waals surface area contributed by atoms with Gasteiger partial charge in [-0.25, -0.2) is 0 Å². The third-order valence-electron chi connectivity index (χ3n) is 6.56. The van der Waals surface area contributed by atoms with Crippen molar-refractivity contribution in [2.45, 2.75) is 45.3 Å². The van der Waals surface area contributed by atoms with Crippen molar-refractivity contribution in [1.82, 2.24) is 20.0 Å². The Morgan fingerprint density at radius 3 is 2.56 bits per heavy atom. The van der Waals surface area contributed by atoms with Gasteiger partial charge in [0.15, 0.2) is 0 Å². The van der Waals surface area contributed by atoms with Crippen molar-refractivity contribution in [2.24, 2.45) is 5.73 Å². The van der Waals surface area contributed by atoms with E-state index in [-0.39, 0.29) is 17.9 Å².